The molecule has 2 rings (SSSR count). The van der Waals surface area contributed by atoms with E-state index in [9.17, 15) is 18.5 Å². The number of anilines is 1. The fourth-order valence-electron chi connectivity index (χ4n) is 2.47. The van der Waals surface area contributed by atoms with E-state index < -0.39 is 14.9 Å². The maximum absolute atomic E-state index is 12.6. The molecule has 1 saturated heterocycles. The Morgan fingerprint density at radius 2 is 1.90 bits per heavy atom. The summed E-state index contributed by atoms with van der Waals surface area (Å²) in [4.78, 5) is 10.4. The van der Waals surface area contributed by atoms with Gasteiger partial charge in [0.15, 0.2) is 0 Å². The molecule has 0 unspecified atom stereocenters. The van der Waals surface area contributed by atoms with Crippen LogP contribution in [0.3, 0.4) is 0 Å². The molecule has 0 atom stereocenters. The highest BCUT2D eigenvalue weighted by Gasteiger charge is 2.30. The number of sulfonamides is 1. The molecule has 8 nitrogen and oxygen atoms in total. The molecular weight excluding hydrogens is 296 g/mol. The number of aryl methyl sites for hydroxylation is 1. The van der Waals surface area contributed by atoms with Crippen LogP contribution in [0.15, 0.2) is 17.0 Å². The number of benzene rings is 1. The first-order valence-electron chi connectivity index (χ1n) is 6.63. The molecule has 1 aromatic carbocycles. The van der Waals surface area contributed by atoms with E-state index >= 15 is 0 Å². The van der Waals surface area contributed by atoms with Gasteiger partial charge in [0.25, 0.3) is 5.69 Å². The third-order valence-electron chi connectivity index (χ3n) is 3.58. The highest BCUT2D eigenvalue weighted by molar-refractivity contribution is 7.89. The van der Waals surface area contributed by atoms with Gasteiger partial charge < -0.3 is 5.43 Å². The van der Waals surface area contributed by atoms with Crippen molar-refractivity contribution in [3.63, 3.8) is 0 Å². The number of nitrogens with one attached hydrogen (secondary N) is 1. The fraction of sp³-hybridized carbons (Fsp3) is 0.500. The minimum absolute atomic E-state index is 0.0323. The van der Waals surface area contributed by atoms with E-state index in [0.717, 1.165) is 25.3 Å². The summed E-state index contributed by atoms with van der Waals surface area (Å²) in [6.45, 7) is 2.50. The van der Waals surface area contributed by atoms with Gasteiger partial charge in [0.1, 0.15) is 5.69 Å². The van der Waals surface area contributed by atoms with Crippen LogP contribution in [0.4, 0.5) is 11.4 Å². The number of nitro benzene ring substituents is 1. The lowest BCUT2D eigenvalue weighted by molar-refractivity contribution is -0.384. The van der Waals surface area contributed by atoms with Crippen LogP contribution in [0.5, 0.6) is 0 Å². The van der Waals surface area contributed by atoms with Gasteiger partial charge in [0, 0.05) is 19.2 Å². The minimum atomic E-state index is -3.71. The van der Waals surface area contributed by atoms with Crippen molar-refractivity contribution in [2.75, 3.05) is 18.5 Å². The first-order valence-corrected chi connectivity index (χ1v) is 8.07. The molecule has 1 aromatic rings. The Balaban J connectivity index is 2.52. The summed E-state index contributed by atoms with van der Waals surface area (Å²) >= 11 is 0. The Morgan fingerprint density at radius 3 is 2.43 bits per heavy atom. The van der Waals surface area contributed by atoms with E-state index in [4.69, 9.17) is 5.84 Å². The van der Waals surface area contributed by atoms with Crippen molar-refractivity contribution in [3.05, 3.63) is 27.8 Å². The summed E-state index contributed by atoms with van der Waals surface area (Å²) in [6, 6.07) is 2.46. The second-order valence-electron chi connectivity index (χ2n) is 5.00. The van der Waals surface area contributed by atoms with Gasteiger partial charge in [-0.05, 0) is 31.4 Å². The lowest BCUT2D eigenvalue weighted by Crippen LogP contribution is -2.36. The molecule has 1 aliphatic heterocycles. The van der Waals surface area contributed by atoms with Crippen LogP contribution < -0.4 is 11.3 Å². The van der Waals surface area contributed by atoms with E-state index in [1.54, 1.807) is 6.92 Å². The van der Waals surface area contributed by atoms with Crippen molar-refractivity contribution in [2.45, 2.75) is 31.1 Å². The molecule has 0 amide bonds. The van der Waals surface area contributed by atoms with E-state index in [-0.39, 0.29) is 16.3 Å². The van der Waals surface area contributed by atoms with Crippen molar-refractivity contribution >= 4 is 21.4 Å². The van der Waals surface area contributed by atoms with E-state index in [1.807, 2.05) is 0 Å². The first kappa shape index (κ1) is 15.7. The average molecular weight is 314 g/mol. The molecular formula is C12H18N4O4S. The molecule has 21 heavy (non-hydrogen) atoms. The number of nitrogens with zero attached hydrogens (tertiary/aromatic N) is 2. The lowest BCUT2D eigenvalue weighted by Gasteiger charge is -2.26. The zero-order valence-corrected chi connectivity index (χ0v) is 12.5. The fourth-order valence-corrected chi connectivity index (χ4v) is 4.21. The largest absolute Gasteiger partial charge is 0.318 e. The first-order chi connectivity index (χ1) is 9.87. The van der Waals surface area contributed by atoms with Crippen molar-refractivity contribution in [1.29, 1.82) is 0 Å². The number of hydrogen-bond donors (Lipinski definition) is 2. The monoisotopic (exact) mass is 314 g/mol. The number of nitrogen functional groups attached to an aromatic ring is 1. The van der Waals surface area contributed by atoms with Crippen molar-refractivity contribution in [3.8, 4) is 0 Å². The summed E-state index contributed by atoms with van der Waals surface area (Å²) in [6.07, 6.45) is 2.62. The van der Waals surface area contributed by atoms with Crippen LogP contribution in [0.1, 0.15) is 24.8 Å². The van der Waals surface area contributed by atoms with Crippen LogP contribution in [0.2, 0.25) is 0 Å². The summed E-state index contributed by atoms with van der Waals surface area (Å²) in [7, 11) is -3.71. The zero-order valence-electron chi connectivity index (χ0n) is 11.7. The molecule has 116 valence electrons. The number of nitrogens with two attached hydrogens (primary N) is 1. The third kappa shape index (κ3) is 2.99. The van der Waals surface area contributed by atoms with Gasteiger partial charge in [-0.2, -0.15) is 4.31 Å². The Hall–Kier alpha value is -1.71. The third-order valence-corrected chi connectivity index (χ3v) is 5.62. The number of hydrazine groups is 1. The van der Waals surface area contributed by atoms with Gasteiger partial charge in [-0.1, -0.05) is 6.42 Å². The molecule has 0 saturated carbocycles. The highest BCUT2D eigenvalue weighted by Crippen LogP contribution is 2.32. The minimum Gasteiger partial charge on any atom is -0.318 e. The van der Waals surface area contributed by atoms with Gasteiger partial charge >= 0.3 is 0 Å². The highest BCUT2D eigenvalue weighted by atomic mass is 32.2. The maximum atomic E-state index is 12.6. The SMILES string of the molecule is Cc1cc(NN)c([N+](=O)[O-])cc1S(=O)(=O)N1CCCCC1. The molecule has 0 bridgehead atoms. The van der Waals surface area contributed by atoms with Gasteiger partial charge in [-0.15, -0.1) is 0 Å². The average Bonchev–Trinajstić information content (AvgIpc) is 2.47. The Kier molecular flexibility index (Phi) is 4.45. The van der Waals surface area contributed by atoms with Gasteiger partial charge in [0.05, 0.1) is 9.82 Å². The number of rotatable bonds is 4. The van der Waals surface area contributed by atoms with Crippen molar-refractivity contribution < 1.29 is 13.3 Å². The quantitative estimate of drug-likeness (QED) is 0.492. The molecule has 3 N–H and O–H groups in total. The molecule has 0 radical (unpaired) electrons. The number of piperidine rings is 1. The second kappa shape index (κ2) is 5.96. The van der Waals surface area contributed by atoms with E-state index in [1.165, 1.54) is 10.4 Å². The lowest BCUT2D eigenvalue weighted by atomic mass is 10.2. The summed E-state index contributed by atoms with van der Waals surface area (Å²) in [5, 5.41) is 11.0. The summed E-state index contributed by atoms with van der Waals surface area (Å²) in [5.41, 5.74) is 2.40. The second-order valence-corrected chi connectivity index (χ2v) is 6.91. The summed E-state index contributed by atoms with van der Waals surface area (Å²) < 4.78 is 26.7. The van der Waals surface area contributed by atoms with Gasteiger partial charge in [0.2, 0.25) is 10.0 Å². The van der Waals surface area contributed by atoms with Crippen LogP contribution in [0, 0.1) is 17.0 Å². The Morgan fingerprint density at radius 1 is 1.29 bits per heavy atom. The van der Waals surface area contributed by atoms with Crippen molar-refractivity contribution in [2.24, 2.45) is 5.84 Å². The number of hydrogen-bond acceptors (Lipinski definition) is 6. The topological polar surface area (TPSA) is 119 Å². The predicted octanol–water partition coefficient (Wildman–Crippen LogP) is 1.36. The molecule has 0 spiro atoms. The molecule has 1 fully saturated rings. The molecule has 0 aliphatic carbocycles. The molecule has 9 heteroatoms. The van der Waals surface area contributed by atoms with Crippen LogP contribution in [-0.4, -0.2) is 30.7 Å². The maximum Gasteiger partial charge on any atom is 0.295 e. The molecule has 1 heterocycles. The van der Waals surface area contributed by atoms with Crippen LogP contribution >= 0.6 is 0 Å². The van der Waals surface area contributed by atoms with Crippen LogP contribution in [0.25, 0.3) is 0 Å². The predicted molar refractivity (Wildman–Crippen MR) is 78.3 cm³/mol. The van der Waals surface area contributed by atoms with Crippen molar-refractivity contribution in [1.82, 2.24) is 4.31 Å². The standard InChI is InChI=1S/C12H18N4O4S/c1-9-7-10(14-13)11(16(17)18)8-12(9)21(19,20)15-5-3-2-4-6-15/h7-8,14H,2-6,13H2,1H3. The van der Waals surface area contributed by atoms with Gasteiger partial charge in [-0.3, -0.25) is 16.0 Å². The smallest absolute Gasteiger partial charge is 0.295 e. The van der Waals surface area contributed by atoms with E-state index in [0.29, 0.717) is 18.7 Å². The summed E-state index contributed by atoms with van der Waals surface area (Å²) in [5.74, 6) is 5.24. The van der Waals surface area contributed by atoms with Crippen LogP contribution in [-0.2, 0) is 10.0 Å². The zero-order chi connectivity index (χ0) is 15.6. The molecule has 0 aromatic heterocycles. The van der Waals surface area contributed by atoms with E-state index in [2.05, 4.69) is 5.43 Å². The number of nitro groups is 1. The normalized spacial score (nSPS) is 16.7. The Labute approximate surface area is 123 Å². The molecule has 1 aliphatic rings. The Bertz CT molecular complexity index is 653. The van der Waals surface area contributed by atoms with Gasteiger partial charge in [-0.25, -0.2) is 8.42 Å².